The summed E-state index contributed by atoms with van der Waals surface area (Å²) in [7, 11) is 3.31. The van der Waals surface area contributed by atoms with Crippen LogP contribution in [0.1, 0.15) is 18.9 Å². The van der Waals surface area contributed by atoms with E-state index < -0.39 is 0 Å². The third-order valence-electron chi connectivity index (χ3n) is 4.43. The molecular weight excluding hydrogens is 434 g/mol. The molecule has 3 rings (SSSR count). The van der Waals surface area contributed by atoms with Crippen molar-refractivity contribution in [2.24, 2.45) is 0 Å². The third-order valence-corrected chi connectivity index (χ3v) is 5.91. The Labute approximate surface area is 192 Å². The summed E-state index contributed by atoms with van der Waals surface area (Å²) in [4.78, 5) is 14.3. The highest BCUT2D eigenvalue weighted by molar-refractivity contribution is 8.26. The number of hydrogen-bond acceptors (Lipinski definition) is 7. The molecule has 1 amide bonds. The molecule has 0 N–H and O–H groups in total. The molecule has 0 saturated carbocycles. The van der Waals surface area contributed by atoms with Crippen molar-refractivity contribution in [3.05, 3.63) is 52.9 Å². The van der Waals surface area contributed by atoms with E-state index in [1.165, 1.54) is 16.7 Å². The van der Waals surface area contributed by atoms with Gasteiger partial charge in [0.15, 0.2) is 11.5 Å². The van der Waals surface area contributed by atoms with Gasteiger partial charge in [-0.05, 0) is 55.0 Å². The van der Waals surface area contributed by atoms with Gasteiger partial charge in [0.25, 0.3) is 5.91 Å². The summed E-state index contributed by atoms with van der Waals surface area (Å²) in [6.45, 7) is 3.45. The average molecular weight is 460 g/mol. The number of benzene rings is 2. The maximum Gasteiger partial charge on any atom is 0.265 e. The van der Waals surface area contributed by atoms with E-state index in [1.807, 2.05) is 55.5 Å². The highest BCUT2D eigenvalue weighted by atomic mass is 32.2. The molecule has 0 aromatic heterocycles. The Morgan fingerprint density at radius 1 is 1.00 bits per heavy atom. The molecule has 164 valence electrons. The SMILES string of the molecule is CCOc1cc(/C=C2\SC(=S)N(C)C2=O)ccc1OCCCOc1ccc(OC)cc1. The van der Waals surface area contributed by atoms with Gasteiger partial charge in [-0.1, -0.05) is 30.0 Å². The summed E-state index contributed by atoms with van der Waals surface area (Å²) in [6.07, 6.45) is 2.54. The Bertz CT molecular complexity index is 959. The normalized spacial score (nSPS) is 14.8. The molecule has 1 fully saturated rings. The summed E-state index contributed by atoms with van der Waals surface area (Å²) in [5.74, 6) is 2.79. The number of methoxy groups -OCH3 is 1. The van der Waals surface area contributed by atoms with Crippen molar-refractivity contribution in [2.75, 3.05) is 34.0 Å². The van der Waals surface area contributed by atoms with Crippen LogP contribution in [0, 0.1) is 0 Å². The molecule has 2 aromatic carbocycles. The topological polar surface area (TPSA) is 57.2 Å². The van der Waals surface area contributed by atoms with Crippen LogP contribution in [0.5, 0.6) is 23.0 Å². The number of thiocarbonyl (C=S) groups is 1. The molecule has 2 aromatic rings. The number of rotatable bonds is 10. The van der Waals surface area contributed by atoms with Gasteiger partial charge in [-0.15, -0.1) is 0 Å². The van der Waals surface area contributed by atoms with E-state index in [-0.39, 0.29) is 5.91 Å². The zero-order chi connectivity index (χ0) is 22.2. The Kier molecular flexibility index (Phi) is 8.20. The standard InChI is InChI=1S/C23H25NO5S2/c1-4-27-20-14-16(15-21-22(25)24(2)23(30)31-21)6-11-19(20)29-13-5-12-28-18-9-7-17(26-3)8-10-18/h6-11,14-15H,4-5,12-13H2,1-3H3/b21-15-. The highest BCUT2D eigenvalue weighted by Crippen LogP contribution is 2.34. The molecule has 0 atom stereocenters. The number of likely N-dealkylation sites (N-methyl/N-ethyl adjacent to an activating group) is 1. The second kappa shape index (κ2) is 11.1. The number of ether oxygens (including phenoxy) is 4. The van der Waals surface area contributed by atoms with Crippen molar-refractivity contribution in [3.63, 3.8) is 0 Å². The second-order valence-corrected chi connectivity index (χ2v) is 8.28. The number of hydrogen-bond donors (Lipinski definition) is 0. The zero-order valence-corrected chi connectivity index (χ0v) is 19.4. The van der Waals surface area contributed by atoms with Crippen molar-refractivity contribution in [2.45, 2.75) is 13.3 Å². The second-order valence-electron chi connectivity index (χ2n) is 6.61. The van der Waals surface area contributed by atoms with Crippen molar-refractivity contribution in [1.29, 1.82) is 0 Å². The Morgan fingerprint density at radius 3 is 2.35 bits per heavy atom. The van der Waals surface area contributed by atoms with E-state index in [1.54, 1.807) is 14.2 Å². The molecule has 1 saturated heterocycles. The van der Waals surface area contributed by atoms with Crippen LogP contribution in [0.4, 0.5) is 0 Å². The fraction of sp³-hybridized carbons (Fsp3) is 0.304. The minimum absolute atomic E-state index is 0.0925. The first-order chi connectivity index (χ1) is 15.0. The number of nitrogens with zero attached hydrogens (tertiary/aromatic N) is 1. The van der Waals surface area contributed by atoms with E-state index in [9.17, 15) is 4.79 Å². The van der Waals surface area contributed by atoms with Gasteiger partial charge in [0.2, 0.25) is 0 Å². The van der Waals surface area contributed by atoms with Crippen molar-refractivity contribution >= 4 is 40.3 Å². The van der Waals surface area contributed by atoms with Gasteiger partial charge in [0.1, 0.15) is 15.8 Å². The monoisotopic (exact) mass is 459 g/mol. The molecule has 0 unspecified atom stereocenters. The van der Waals surface area contributed by atoms with E-state index >= 15 is 0 Å². The summed E-state index contributed by atoms with van der Waals surface area (Å²) < 4.78 is 23.0. The van der Waals surface area contributed by atoms with E-state index in [0.29, 0.717) is 40.5 Å². The molecule has 8 heteroatoms. The summed E-state index contributed by atoms with van der Waals surface area (Å²) in [5, 5.41) is 0. The lowest BCUT2D eigenvalue weighted by molar-refractivity contribution is -0.121. The zero-order valence-electron chi connectivity index (χ0n) is 17.8. The molecular formula is C23H25NO5S2. The maximum atomic E-state index is 12.2. The van der Waals surface area contributed by atoms with Crippen LogP contribution in [0.3, 0.4) is 0 Å². The fourth-order valence-electron chi connectivity index (χ4n) is 2.80. The van der Waals surface area contributed by atoms with Gasteiger partial charge in [0.05, 0.1) is 31.8 Å². The minimum atomic E-state index is -0.0925. The maximum absolute atomic E-state index is 12.2. The lowest BCUT2D eigenvalue weighted by Gasteiger charge is -2.13. The first kappa shape index (κ1) is 23.0. The first-order valence-electron chi connectivity index (χ1n) is 9.90. The van der Waals surface area contributed by atoms with Crippen LogP contribution in [0.25, 0.3) is 6.08 Å². The Balaban J connectivity index is 1.55. The number of amides is 1. The number of carbonyl (C=O) groups excluding carboxylic acids is 1. The summed E-state index contributed by atoms with van der Waals surface area (Å²) in [5.41, 5.74) is 0.854. The van der Waals surface area contributed by atoms with Crippen LogP contribution in [-0.2, 0) is 4.79 Å². The van der Waals surface area contributed by atoms with E-state index in [2.05, 4.69) is 0 Å². The van der Waals surface area contributed by atoms with Gasteiger partial charge >= 0.3 is 0 Å². The molecule has 0 aliphatic carbocycles. The van der Waals surface area contributed by atoms with Crippen LogP contribution >= 0.6 is 24.0 Å². The fourth-order valence-corrected chi connectivity index (χ4v) is 3.98. The van der Waals surface area contributed by atoms with E-state index in [0.717, 1.165) is 23.5 Å². The quantitative estimate of drug-likeness (QED) is 0.288. The van der Waals surface area contributed by atoms with Crippen molar-refractivity contribution in [1.82, 2.24) is 4.90 Å². The summed E-state index contributed by atoms with van der Waals surface area (Å²) >= 11 is 6.47. The lowest BCUT2D eigenvalue weighted by atomic mass is 10.2. The van der Waals surface area contributed by atoms with Gasteiger partial charge in [-0.25, -0.2) is 0 Å². The van der Waals surface area contributed by atoms with E-state index in [4.69, 9.17) is 31.2 Å². The third kappa shape index (κ3) is 6.15. The Hall–Kier alpha value is -2.71. The predicted molar refractivity (Wildman–Crippen MR) is 127 cm³/mol. The molecule has 31 heavy (non-hydrogen) atoms. The molecule has 1 heterocycles. The highest BCUT2D eigenvalue weighted by Gasteiger charge is 2.28. The van der Waals surface area contributed by atoms with Gasteiger partial charge in [-0.2, -0.15) is 0 Å². The minimum Gasteiger partial charge on any atom is -0.497 e. The van der Waals surface area contributed by atoms with Crippen LogP contribution in [0.2, 0.25) is 0 Å². The van der Waals surface area contributed by atoms with Gasteiger partial charge < -0.3 is 18.9 Å². The first-order valence-corrected chi connectivity index (χ1v) is 11.1. The predicted octanol–water partition coefficient (Wildman–Crippen LogP) is 4.77. The molecule has 0 radical (unpaired) electrons. The summed E-state index contributed by atoms with van der Waals surface area (Å²) in [6, 6.07) is 13.1. The van der Waals surface area contributed by atoms with Crippen molar-refractivity contribution < 1.29 is 23.7 Å². The van der Waals surface area contributed by atoms with Gasteiger partial charge in [0, 0.05) is 13.5 Å². The molecule has 0 spiro atoms. The van der Waals surface area contributed by atoms with Gasteiger partial charge in [-0.3, -0.25) is 9.69 Å². The van der Waals surface area contributed by atoms with Crippen LogP contribution < -0.4 is 18.9 Å². The average Bonchev–Trinajstić information content (AvgIpc) is 3.02. The number of carbonyl (C=O) groups is 1. The van der Waals surface area contributed by atoms with Crippen molar-refractivity contribution in [3.8, 4) is 23.0 Å². The van der Waals surface area contributed by atoms with Crippen LogP contribution in [-0.4, -0.2) is 49.1 Å². The Morgan fingerprint density at radius 2 is 1.71 bits per heavy atom. The number of thioether (sulfide) groups is 1. The molecule has 0 bridgehead atoms. The molecule has 1 aliphatic heterocycles. The van der Waals surface area contributed by atoms with Crippen LogP contribution in [0.15, 0.2) is 47.4 Å². The molecule has 6 nitrogen and oxygen atoms in total. The lowest BCUT2D eigenvalue weighted by Crippen LogP contribution is -2.22. The largest absolute Gasteiger partial charge is 0.497 e. The molecule has 1 aliphatic rings. The smallest absolute Gasteiger partial charge is 0.265 e.